The number of nitrogens with one attached hydrogen (secondary N) is 3. The number of aromatic amines is 1. The minimum Gasteiger partial charge on any atom is -0.343 e. The molecule has 3 aromatic rings. The summed E-state index contributed by atoms with van der Waals surface area (Å²) in [5.74, 6) is -1.53. The van der Waals surface area contributed by atoms with Gasteiger partial charge in [-0.1, -0.05) is 40.2 Å². The Labute approximate surface area is 171 Å². The normalized spacial score (nSPS) is 11.2. The van der Waals surface area contributed by atoms with Crippen LogP contribution in [0.5, 0.6) is 0 Å². The summed E-state index contributed by atoms with van der Waals surface area (Å²) in [4.78, 5) is 24.6. The van der Waals surface area contributed by atoms with Crippen molar-refractivity contribution in [1.29, 1.82) is 0 Å². The number of halogens is 4. The van der Waals surface area contributed by atoms with Gasteiger partial charge in [0.2, 0.25) is 0 Å². The molecule has 0 atom stereocenters. The fourth-order valence-corrected chi connectivity index (χ4v) is 2.73. The van der Waals surface area contributed by atoms with Gasteiger partial charge in [0.05, 0.1) is 16.9 Å². The molecule has 0 fully saturated rings. The molecule has 0 aliphatic carbocycles. The van der Waals surface area contributed by atoms with Crippen LogP contribution in [0.4, 0.5) is 18.9 Å². The van der Waals surface area contributed by atoms with Crippen molar-refractivity contribution in [3.63, 3.8) is 0 Å². The lowest BCUT2D eigenvalue weighted by molar-refractivity contribution is -0.123. The van der Waals surface area contributed by atoms with Crippen molar-refractivity contribution in [1.82, 2.24) is 15.5 Å². The largest absolute Gasteiger partial charge is 0.405 e. The van der Waals surface area contributed by atoms with Crippen LogP contribution in [0.15, 0.2) is 59.1 Å². The van der Waals surface area contributed by atoms with Gasteiger partial charge in [0.25, 0.3) is 11.8 Å². The maximum atomic E-state index is 12.5. The number of carbonyl (C=O) groups excluding carboxylic acids is 2. The molecule has 1 heterocycles. The van der Waals surface area contributed by atoms with Gasteiger partial charge >= 0.3 is 6.18 Å². The molecule has 29 heavy (non-hydrogen) atoms. The predicted octanol–water partition coefficient (Wildman–Crippen LogP) is 4.38. The zero-order chi connectivity index (χ0) is 21.0. The Hall–Kier alpha value is -3.14. The molecule has 0 saturated carbocycles. The van der Waals surface area contributed by atoms with Crippen LogP contribution in [-0.4, -0.2) is 34.7 Å². The van der Waals surface area contributed by atoms with Gasteiger partial charge in [-0.05, 0) is 30.3 Å². The second-order valence-corrected chi connectivity index (χ2v) is 6.89. The number of aromatic nitrogens is 2. The number of alkyl halides is 3. The minimum atomic E-state index is -4.53. The van der Waals surface area contributed by atoms with Crippen LogP contribution >= 0.6 is 15.9 Å². The average molecular weight is 467 g/mol. The summed E-state index contributed by atoms with van der Waals surface area (Å²) in [6.07, 6.45) is -4.53. The molecule has 1 aromatic heterocycles. The Balaban J connectivity index is 1.74. The third-order valence-electron chi connectivity index (χ3n) is 3.83. The third-order valence-corrected chi connectivity index (χ3v) is 4.36. The van der Waals surface area contributed by atoms with E-state index in [1.54, 1.807) is 11.4 Å². The molecule has 2 aromatic carbocycles. The molecule has 0 aliphatic heterocycles. The van der Waals surface area contributed by atoms with E-state index in [0.29, 0.717) is 5.69 Å². The van der Waals surface area contributed by atoms with Crippen molar-refractivity contribution >= 4 is 33.4 Å². The molecule has 0 saturated heterocycles. The summed E-state index contributed by atoms with van der Waals surface area (Å²) >= 11 is 3.34. The highest BCUT2D eigenvalue weighted by Gasteiger charge is 2.28. The second kappa shape index (κ2) is 8.48. The molecule has 6 nitrogen and oxygen atoms in total. The molecule has 0 unspecified atom stereocenters. The Morgan fingerprint density at radius 2 is 1.72 bits per heavy atom. The molecule has 0 radical (unpaired) electrons. The van der Waals surface area contributed by atoms with E-state index >= 15 is 0 Å². The summed E-state index contributed by atoms with van der Waals surface area (Å²) in [7, 11) is 0. The van der Waals surface area contributed by atoms with Crippen molar-refractivity contribution in [3.05, 3.63) is 70.3 Å². The van der Waals surface area contributed by atoms with E-state index in [2.05, 4.69) is 31.4 Å². The van der Waals surface area contributed by atoms with Crippen LogP contribution in [0.1, 0.15) is 20.8 Å². The third kappa shape index (κ3) is 5.44. The summed E-state index contributed by atoms with van der Waals surface area (Å²) in [5.41, 5.74) is 1.46. The number of hydrogen-bond donors (Lipinski definition) is 3. The van der Waals surface area contributed by atoms with E-state index in [-0.39, 0.29) is 16.9 Å². The highest BCUT2D eigenvalue weighted by Crippen LogP contribution is 2.22. The maximum absolute atomic E-state index is 12.5. The molecule has 10 heteroatoms. The lowest BCUT2D eigenvalue weighted by atomic mass is 10.1. The van der Waals surface area contributed by atoms with Gasteiger partial charge in [0.15, 0.2) is 0 Å². The number of H-pyrrole nitrogens is 1. The maximum Gasteiger partial charge on any atom is 0.405 e. The number of rotatable bonds is 5. The number of hydrogen-bond acceptors (Lipinski definition) is 3. The van der Waals surface area contributed by atoms with Crippen LogP contribution in [0, 0.1) is 0 Å². The van der Waals surface area contributed by atoms with Gasteiger partial charge in [0.1, 0.15) is 12.2 Å². The number of anilines is 1. The highest BCUT2D eigenvalue weighted by atomic mass is 79.9. The monoisotopic (exact) mass is 466 g/mol. The van der Waals surface area contributed by atoms with Crippen LogP contribution in [-0.2, 0) is 0 Å². The molecule has 3 rings (SSSR count). The second-order valence-electron chi connectivity index (χ2n) is 5.97. The zero-order valence-electron chi connectivity index (χ0n) is 14.7. The number of benzene rings is 2. The van der Waals surface area contributed by atoms with Crippen LogP contribution in [0.2, 0.25) is 0 Å². The first kappa shape index (κ1) is 20.6. The fourth-order valence-electron chi connectivity index (χ4n) is 2.46. The summed E-state index contributed by atoms with van der Waals surface area (Å²) in [5, 5.41) is 11.0. The van der Waals surface area contributed by atoms with Crippen LogP contribution in [0.25, 0.3) is 11.3 Å². The molecule has 0 aliphatic rings. The zero-order valence-corrected chi connectivity index (χ0v) is 16.3. The Morgan fingerprint density at radius 3 is 2.41 bits per heavy atom. The van der Waals surface area contributed by atoms with Crippen LogP contribution < -0.4 is 10.6 Å². The van der Waals surface area contributed by atoms with Gasteiger partial charge in [-0.25, -0.2) is 0 Å². The Morgan fingerprint density at radius 1 is 1.03 bits per heavy atom. The highest BCUT2D eigenvalue weighted by molar-refractivity contribution is 9.10. The lowest BCUT2D eigenvalue weighted by Crippen LogP contribution is -2.34. The summed E-state index contributed by atoms with van der Waals surface area (Å²) in [6, 6.07) is 14.6. The number of nitrogens with zero attached hydrogens (tertiary/aromatic N) is 1. The van der Waals surface area contributed by atoms with Crippen molar-refractivity contribution in [2.45, 2.75) is 6.18 Å². The minimum absolute atomic E-state index is 0.0805. The van der Waals surface area contributed by atoms with E-state index in [9.17, 15) is 22.8 Å². The van der Waals surface area contributed by atoms with E-state index in [1.165, 1.54) is 24.3 Å². The topological polar surface area (TPSA) is 86.9 Å². The van der Waals surface area contributed by atoms with Crippen LogP contribution in [0.3, 0.4) is 0 Å². The van der Waals surface area contributed by atoms with Gasteiger partial charge in [-0.2, -0.15) is 18.3 Å². The first-order valence-electron chi connectivity index (χ1n) is 8.29. The van der Waals surface area contributed by atoms with Crippen molar-refractivity contribution in [2.24, 2.45) is 0 Å². The van der Waals surface area contributed by atoms with Crippen molar-refractivity contribution in [3.8, 4) is 11.3 Å². The number of amides is 2. The van der Waals surface area contributed by atoms with E-state index in [4.69, 9.17) is 0 Å². The summed E-state index contributed by atoms with van der Waals surface area (Å²) < 4.78 is 37.9. The molecule has 150 valence electrons. The predicted molar refractivity (Wildman–Crippen MR) is 105 cm³/mol. The Kier molecular flexibility index (Phi) is 6.02. The van der Waals surface area contributed by atoms with Gasteiger partial charge in [-0.15, -0.1) is 0 Å². The first-order valence-corrected chi connectivity index (χ1v) is 9.09. The van der Waals surface area contributed by atoms with Gasteiger partial charge in [-0.3, -0.25) is 14.7 Å². The lowest BCUT2D eigenvalue weighted by Gasteiger charge is -2.12. The SMILES string of the molecule is O=C(Nc1ccccc1C(=O)NCC(F)(F)F)c1cc(-c2ccc(Br)cc2)n[nH]1. The molecular formula is C19H14BrF3N4O2. The van der Waals surface area contributed by atoms with Gasteiger partial charge < -0.3 is 10.6 Å². The van der Waals surface area contributed by atoms with E-state index in [1.807, 2.05) is 24.3 Å². The average Bonchev–Trinajstić information content (AvgIpc) is 3.17. The van der Waals surface area contributed by atoms with Crippen molar-refractivity contribution < 1.29 is 22.8 Å². The molecule has 3 N–H and O–H groups in total. The van der Waals surface area contributed by atoms with Crippen molar-refractivity contribution in [2.75, 3.05) is 11.9 Å². The fraction of sp³-hybridized carbons (Fsp3) is 0.105. The standard InChI is InChI=1S/C19H14BrF3N4O2/c20-12-7-5-11(6-8-12)15-9-16(27-26-15)18(29)25-14-4-2-1-3-13(14)17(28)24-10-19(21,22)23/h1-9H,10H2,(H,24,28)(H,25,29)(H,26,27). The number of carbonyl (C=O) groups is 2. The molecular weight excluding hydrogens is 453 g/mol. The summed E-state index contributed by atoms with van der Waals surface area (Å²) in [6.45, 7) is -1.47. The molecule has 2 amide bonds. The number of para-hydroxylation sites is 1. The van der Waals surface area contributed by atoms with E-state index < -0.39 is 24.5 Å². The smallest absolute Gasteiger partial charge is 0.343 e. The van der Waals surface area contributed by atoms with E-state index in [0.717, 1.165) is 10.0 Å². The van der Waals surface area contributed by atoms with Gasteiger partial charge in [0, 0.05) is 10.0 Å². The quantitative estimate of drug-likeness (QED) is 0.521. The molecule has 0 bridgehead atoms. The molecule has 0 spiro atoms. The first-order chi connectivity index (χ1) is 13.7. The Bertz CT molecular complexity index is 1030.